The maximum absolute atomic E-state index is 12.1. The van der Waals surface area contributed by atoms with E-state index >= 15 is 0 Å². The fourth-order valence-electron chi connectivity index (χ4n) is 2.12. The van der Waals surface area contributed by atoms with Gasteiger partial charge in [0.2, 0.25) is 5.78 Å². The molecule has 118 valence electrons. The largest absolute Gasteiger partial charge is 0.504 e. The number of nitrogens with one attached hydrogen (secondary N) is 1. The highest BCUT2D eigenvalue weighted by Gasteiger charge is 2.21. The molecule has 0 aliphatic heterocycles. The monoisotopic (exact) mass is 312 g/mol. The highest BCUT2D eigenvalue weighted by atomic mass is 16.3. The molecule has 0 bridgehead atoms. The number of benzene rings is 1. The van der Waals surface area contributed by atoms with Gasteiger partial charge in [0.25, 0.3) is 5.91 Å². The lowest BCUT2D eigenvalue weighted by molar-refractivity contribution is -0.134. The number of amides is 1. The van der Waals surface area contributed by atoms with Crippen LogP contribution in [0.1, 0.15) is 27.9 Å². The number of carbonyl (C=O) groups excluding carboxylic acids is 3. The Morgan fingerprint density at radius 2 is 1.91 bits per heavy atom. The molecule has 2 N–H and O–H groups in total. The Morgan fingerprint density at radius 3 is 2.57 bits per heavy atom. The van der Waals surface area contributed by atoms with E-state index in [1.165, 1.54) is 18.3 Å². The molecule has 6 heteroatoms. The van der Waals surface area contributed by atoms with E-state index in [0.717, 1.165) is 11.1 Å². The Labute approximate surface area is 133 Å². The number of aromatic hydroxyl groups is 1. The zero-order chi connectivity index (χ0) is 17.0. The van der Waals surface area contributed by atoms with Crippen LogP contribution in [0.15, 0.2) is 36.5 Å². The second-order valence-electron chi connectivity index (χ2n) is 5.17. The van der Waals surface area contributed by atoms with Gasteiger partial charge in [0.05, 0.1) is 6.42 Å². The first-order chi connectivity index (χ1) is 10.9. The summed E-state index contributed by atoms with van der Waals surface area (Å²) >= 11 is 0. The Balaban J connectivity index is 2.05. The Hall–Kier alpha value is -3.02. The van der Waals surface area contributed by atoms with E-state index in [1.807, 2.05) is 13.0 Å². The molecular weight excluding hydrogens is 296 g/mol. The maximum atomic E-state index is 12.1. The Bertz CT molecular complexity index is 784. The molecule has 0 aliphatic rings. The number of pyridine rings is 1. The van der Waals surface area contributed by atoms with E-state index in [-0.39, 0.29) is 11.6 Å². The van der Waals surface area contributed by atoms with Crippen LogP contribution in [0.4, 0.5) is 5.82 Å². The number of aryl methyl sites for hydroxylation is 2. The number of aromatic nitrogens is 1. The highest BCUT2D eigenvalue weighted by molar-refractivity contribution is 6.44. The van der Waals surface area contributed by atoms with Crippen molar-refractivity contribution in [1.82, 2.24) is 4.98 Å². The summed E-state index contributed by atoms with van der Waals surface area (Å²) in [5.41, 5.74) is 2.18. The molecule has 1 amide bonds. The number of hydrogen-bond donors (Lipinski definition) is 2. The van der Waals surface area contributed by atoms with Crippen LogP contribution in [0.3, 0.4) is 0 Å². The van der Waals surface area contributed by atoms with E-state index in [4.69, 9.17) is 0 Å². The van der Waals surface area contributed by atoms with Gasteiger partial charge in [0.15, 0.2) is 17.4 Å². The number of hydrogen-bond acceptors (Lipinski definition) is 5. The second kappa shape index (κ2) is 6.83. The molecular formula is C17H16N2O4. The number of rotatable bonds is 5. The van der Waals surface area contributed by atoms with Gasteiger partial charge in [-0.2, -0.15) is 0 Å². The van der Waals surface area contributed by atoms with E-state index in [0.29, 0.717) is 5.56 Å². The third-order valence-corrected chi connectivity index (χ3v) is 3.28. The molecule has 6 nitrogen and oxygen atoms in total. The molecule has 1 aromatic heterocycles. The molecule has 0 atom stereocenters. The minimum absolute atomic E-state index is 0.121. The van der Waals surface area contributed by atoms with Crippen molar-refractivity contribution in [2.45, 2.75) is 20.3 Å². The minimum atomic E-state index is -0.989. The standard InChI is InChI=1S/C17H16N2O4/c1-10-5-6-12(11(2)8-10)14(21)9-15(22)17(23)19-16-13(20)4-3-7-18-16/h3-8,20H,9H2,1-2H3,(H,18,19,23). The van der Waals surface area contributed by atoms with Crippen molar-refractivity contribution in [1.29, 1.82) is 0 Å². The van der Waals surface area contributed by atoms with E-state index in [1.54, 1.807) is 19.1 Å². The van der Waals surface area contributed by atoms with E-state index in [2.05, 4.69) is 10.3 Å². The van der Waals surface area contributed by atoms with Crippen LogP contribution in [0.2, 0.25) is 0 Å². The first kappa shape index (κ1) is 16.4. The van der Waals surface area contributed by atoms with Gasteiger partial charge < -0.3 is 10.4 Å². The van der Waals surface area contributed by atoms with Crippen molar-refractivity contribution < 1.29 is 19.5 Å². The third-order valence-electron chi connectivity index (χ3n) is 3.28. The lowest BCUT2D eigenvalue weighted by atomic mass is 9.99. The summed E-state index contributed by atoms with van der Waals surface area (Å²) in [6.07, 6.45) is 0.823. The predicted molar refractivity (Wildman–Crippen MR) is 84.4 cm³/mol. The zero-order valence-corrected chi connectivity index (χ0v) is 12.8. The fourth-order valence-corrected chi connectivity index (χ4v) is 2.12. The molecule has 2 aromatic rings. The highest BCUT2D eigenvalue weighted by Crippen LogP contribution is 2.18. The SMILES string of the molecule is Cc1ccc(C(=O)CC(=O)C(=O)Nc2ncccc2O)c(C)c1. The van der Waals surface area contributed by atoms with Crippen LogP contribution < -0.4 is 5.32 Å². The van der Waals surface area contributed by atoms with Crippen LogP contribution >= 0.6 is 0 Å². The van der Waals surface area contributed by atoms with Gasteiger partial charge in [-0.1, -0.05) is 23.8 Å². The van der Waals surface area contributed by atoms with Gasteiger partial charge in [-0.05, 0) is 31.5 Å². The molecule has 0 spiro atoms. The normalized spacial score (nSPS) is 10.2. The Morgan fingerprint density at radius 1 is 1.17 bits per heavy atom. The average molecular weight is 312 g/mol. The van der Waals surface area contributed by atoms with Crippen molar-refractivity contribution in [2.75, 3.05) is 5.32 Å². The van der Waals surface area contributed by atoms with Gasteiger partial charge in [0, 0.05) is 11.8 Å². The molecule has 2 rings (SSSR count). The predicted octanol–water partition coefficient (Wildman–Crippen LogP) is 2.18. The van der Waals surface area contributed by atoms with Gasteiger partial charge in [-0.3, -0.25) is 14.4 Å². The van der Waals surface area contributed by atoms with Crippen molar-refractivity contribution in [3.8, 4) is 5.75 Å². The summed E-state index contributed by atoms with van der Waals surface area (Å²) in [4.78, 5) is 39.6. The molecule has 0 fully saturated rings. The summed E-state index contributed by atoms with van der Waals surface area (Å²) in [7, 11) is 0. The molecule has 23 heavy (non-hydrogen) atoms. The molecule has 0 saturated carbocycles. The van der Waals surface area contributed by atoms with Crippen LogP contribution in [-0.2, 0) is 9.59 Å². The molecule has 0 saturated heterocycles. The van der Waals surface area contributed by atoms with Gasteiger partial charge in [-0.25, -0.2) is 4.98 Å². The van der Waals surface area contributed by atoms with Crippen molar-refractivity contribution >= 4 is 23.3 Å². The smallest absolute Gasteiger partial charge is 0.293 e. The fraction of sp³-hybridized carbons (Fsp3) is 0.176. The quantitative estimate of drug-likeness (QED) is 0.501. The average Bonchev–Trinajstić information content (AvgIpc) is 2.49. The van der Waals surface area contributed by atoms with E-state index < -0.39 is 23.9 Å². The molecule has 0 aliphatic carbocycles. The lowest BCUT2D eigenvalue weighted by Gasteiger charge is -2.07. The van der Waals surface area contributed by atoms with Gasteiger partial charge >= 0.3 is 0 Å². The van der Waals surface area contributed by atoms with Crippen LogP contribution in [-0.4, -0.2) is 27.6 Å². The number of ketones is 2. The maximum Gasteiger partial charge on any atom is 0.293 e. The summed E-state index contributed by atoms with van der Waals surface area (Å²) < 4.78 is 0. The second-order valence-corrected chi connectivity index (χ2v) is 5.17. The van der Waals surface area contributed by atoms with Crippen LogP contribution in [0, 0.1) is 13.8 Å². The van der Waals surface area contributed by atoms with Crippen LogP contribution in [0.25, 0.3) is 0 Å². The third kappa shape index (κ3) is 4.00. The summed E-state index contributed by atoms with van der Waals surface area (Å²) in [6, 6.07) is 8.06. The molecule has 1 heterocycles. The van der Waals surface area contributed by atoms with Gasteiger partial charge in [-0.15, -0.1) is 0 Å². The molecule has 0 unspecified atom stereocenters. The summed E-state index contributed by atoms with van der Waals surface area (Å²) in [5, 5.41) is 11.7. The van der Waals surface area contributed by atoms with Crippen molar-refractivity contribution in [2.24, 2.45) is 0 Å². The number of anilines is 1. The topological polar surface area (TPSA) is 96.4 Å². The first-order valence-corrected chi connectivity index (χ1v) is 6.97. The minimum Gasteiger partial charge on any atom is -0.504 e. The number of nitrogens with zero attached hydrogens (tertiary/aromatic N) is 1. The summed E-state index contributed by atoms with van der Waals surface area (Å²) in [6.45, 7) is 3.68. The summed E-state index contributed by atoms with van der Waals surface area (Å²) in [5.74, 6) is -2.68. The van der Waals surface area contributed by atoms with Crippen LogP contribution in [0.5, 0.6) is 5.75 Å². The molecule has 0 radical (unpaired) electrons. The van der Waals surface area contributed by atoms with E-state index in [9.17, 15) is 19.5 Å². The number of Topliss-reactive ketones (excluding diaryl/α,β-unsaturated/α-hetero) is 2. The number of carbonyl (C=O) groups is 3. The van der Waals surface area contributed by atoms with Gasteiger partial charge in [0.1, 0.15) is 0 Å². The van der Waals surface area contributed by atoms with Crippen molar-refractivity contribution in [3.05, 3.63) is 53.2 Å². The first-order valence-electron chi connectivity index (χ1n) is 6.97. The lowest BCUT2D eigenvalue weighted by Crippen LogP contribution is -2.25. The Kier molecular flexibility index (Phi) is 4.85. The van der Waals surface area contributed by atoms with Crippen molar-refractivity contribution in [3.63, 3.8) is 0 Å². The zero-order valence-electron chi connectivity index (χ0n) is 12.8. The molecule has 1 aromatic carbocycles.